The van der Waals surface area contributed by atoms with Crippen LogP contribution < -0.4 is 11.1 Å². The molecule has 14 heavy (non-hydrogen) atoms. The van der Waals surface area contributed by atoms with Gasteiger partial charge in [-0.05, 0) is 12.1 Å². The fraction of sp³-hybridized carbons (Fsp3) is 0.333. The van der Waals surface area contributed by atoms with Gasteiger partial charge in [0.1, 0.15) is 0 Å². The Morgan fingerprint density at radius 3 is 2.07 bits per heavy atom. The van der Waals surface area contributed by atoms with Crippen LogP contribution in [0.2, 0.25) is 10.0 Å². The van der Waals surface area contributed by atoms with E-state index in [1.54, 1.807) is 0 Å². The zero-order valence-electron chi connectivity index (χ0n) is 7.39. The van der Waals surface area contributed by atoms with Gasteiger partial charge in [-0.25, -0.2) is 0 Å². The highest BCUT2D eigenvalue weighted by Crippen LogP contribution is 2.34. The lowest BCUT2D eigenvalue weighted by Gasteiger charge is -2.40. The van der Waals surface area contributed by atoms with E-state index in [0.717, 1.165) is 18.7 Å². The Balaban J connectivity index is 0.000000980. The Hall–Kier alpha value is 0.01000. The largest absolute Gasteiger partial charge is 0.319 e. The number of benzene rings is 1. The van der Waals surface area contributed by atoms with Crippen LogP contribution in [0.15, 0.2) is 18.2 Å². The van der Waals surface area contributed by atoms with Crippen molar-refractivity contribution in [1.29, 1.82) is 0 Å². The summed E-state index contributed by atoms with van der Waals surface area (Å²) >= 11 is 12.1. The van der Waals surface area contributed by atoms with Crippen molar-refractivity contribution in [3.05, 3.63) is 33.8 Å². The van der Waals surface area contributed by atoms with E-state index >= 15 is 0 Å². The van der Waals surface area contributed by atoms with E-state index in [0.29, 0.717) is 10.0 Å². The SMILES string of the molecule is Cl.NC1(c2c(Cl)cccc2Cl)CNC1. The summed E-state index contributed by atoms with van der Waals surface area (Å²) < 4.78 is 0. The van der Waals surface area contributed by atoms with Crippen LogP contribution in [0.5, 0.6) is 0 Å². The van der Waals surface area contributed by atoms with Crippen molar-refractivity contribution in [3.63, 3.8) is 0 Å². The molecule has 1 saturated heterocycles. The fourth-order valence-electron chi connectivity index (χ4n) is 1.54. The molecule has 5 heteroatoms. The van der Waals surface area contributed by atoms with Gasteiger partial charge in [-0.3, -0.25) is 0 Å². The highest BCUT2D eigenvalue weighted by molar-refractivity contribution is 6.36. The molecule has 0 saturated carbocycles. The standard InChI is InChI=1S/C9H10Cl2N2.ClH/c10-6-2-1-3-7(11)8(6)9(12)4-13-5-9;/h1-3,13H,4-5,12H2;1H. The van der Waals surface area contributed by atoms with E-state index in [9.17, 15) is 0 Å². The third-order valence-electron chi connectivity index (χ3n) is 2.34. The molecule has 0 unspecified atom stereocenters. The summed E-state index contributed by atoms with van der Waals surface area (Å²) in [5.41, 5.74) is 6.57. The van der Waals surface area contributed by atoms with Gasteiger partial charge >= 0.3 is 0 Å². The van der Waals surface area contributed by atoms with Crippen molar-refractivity contribution < 1.29 is 0 Å². The van der Waals surface area contributed by atoms with Crippen molar-refractivity contribution in [2.24, 2.45) is 5.73 Å². The van der Waals surface area contributed by atoms with Gasteiger partial charge in [0.15, 0.2) is 0 Å². The van der Waals surface area contributed by atoms with Gasteiger partial charge in [0, 0.05) is 28.7 Å². The van der Waals surface area contributed by atoms with E-state index in [1.165, 1.54) is 0 Å². The van der Waals surface area contributed by atoms with E-state index in [1.807, 2.05) is 18.2 Å². The normalized spacial score (nSPS) is 18.2. The summed E-state index contributed by atoms with van der Waals surface area (Å²) in [5.74, 6) is 0. The number of hydrogen-bond acceptors (Lipinski definition) is 2. The molecule has 2 rings (SSSR count). The van der Waals surface area contributed by atoms with Gasteiger partial charge < -0.3 is 11.1 Å². The quantitative estimate of drug-likeness (QED) is 0.805. The average molecular weight is 254 g/mol. The molecular formula is C9H11Cl3N2. The molecule has 78 valence electrons. The highest BCUT2D eigenvalue weighted by atomic mass is 35.5. The van der Waals surface area contributed by atoms with E-state index in [4.69, 9.17) is 28.9 Å². The maximum absolute atomic E-state index is 6.09. The predicted octanol–water partition coefficient (Wildman–Crippen LogP) is 2.17. The number of rotatable bonds is 1. The maximum Gasteiger partial charge on any atom is 0.0691 e. The van der Waals surface area contributed by atoms with Gasteiger partial charge in [0.05, 0.1) is 5.54 Å². The zero-order chi connectivity index (χ0) is 9.47. The molecule has 0 bridgehead atoms. The minimum absolute atomic E-state index is 0. The summed E-state index contributed by atoms with van der Waals surface area (Å²) in [6.07, 6.45) is 0. The second-order valence-corrected chi connectivity index (χ2v) is 4.17. The Morgan fingerprint density at radius 1 is 1.21 bits per heavy atom. The Morgan fingerprint density at radius 2 is 1.71 bits per heavy atom. The number of nitrogens with one attached hydrogen (secondary N) is 1. The van der Waals surface area contributed by atoms with Crippen molar-refractivity contribution in [2.75, 3.05) is 13.1 Å². The molecule has 3 N–H and O–H groups in total. The second kappa shape index (κ2) is 4.25. The fourth-order valence-corrected chi connectivity index (χ4v) is 2.32. The van der Waals surface area contributed by atoms with Crippen LogP contribution >= 0.6 is 35.6 Å². The monoisotopic (exact) mass is 252 g/mol. The van der Waals surface area contributed by atoms with Gasteiger partial charge in [-0.15, -0.1) is 12.4 Å². The van der Waals surface area contributed by atoms with Crippen LogP contribution in [0, 0.1) is 0 Å². The van der Waals surface area contributed by atoms with Crippen LogP contribution in [-0.4, -0.2) is 13.1 Å². The number of nitrogens with two attached hydrogens (primary N) is 1. The smallest absolute Gasteiger partial charge is 0.0691 e. The lowest BCUT2D eigenvalue weighted by atomic mass is 9.85. The number of halogens is 3. The minimum Gasteiger partial charge on any atom is -0.319 e. The van der Waals surface area contributed by atoms with Crippen LogP contribution in [0.4, 0.5) is 0 Å². The first-order chi connectivity index (χ1) is 6.13. The van der Waals surface area contributed by atoms with Gasteiger partial charge in [-0.1, -0.05) is 29.3 Å². The molecular weight excluding hydrogens is 242 g/mol. The first-order valence-electron chi connectivity index (χ1n) is 4.07. The van der Waals surface area contributed by atoms with Crippen LogP contribution in [0.25, 0.3) is 0 Å². The third-order valence-corrected chi connectivity index (χ3v) is 2.97. The zero-order valence-corrected chi connectivity index (χ0v) is 9.72. The third kappa shape index (κ3) is 1.86. The molecule has 0 spiro atoms. The summed E-state index contributed by atoms with van der Waals surface area (Å²) in [4.78, 5) is 0. The van der Waals surface area contributed by atoms with Gasteiger partial charge in [0.2, 0.25) is 0 Å². The molecule has 0 atom stereocenters. The molecule has 2 nitrogen and oxygen atoms in total. The molecule has 1 fully saturated rings. The summed E-state index contributed by atoms with van der Waals surface area (Å²) in [6.45, 7) is 1.47. The van der Waals surface area contributed by atoms with Crippen LogP contribution in [-0.2, 0) is 5.54 Å². The maximum atomic E-state index is 6.09. The molecule has 1 aliphatic heterocycles. The summed E-state index contributed by atoms with van der Waals surface area (Å²) in [6, 6.07) is 5.45. The van der Waals surface area contributed by atoms with Gasteiger partial charge in [0.25, 0.3) is 0 Å². The molecule has 0 radical (unpaired) electrons. The Labute approximate surface area is 99.2 Å². The van der Waals surface area contributed by atoms with Gasteiger partial charge in [-0.2, -0.15) is 0 Å². The van der Waals surface area contributed by atoms with E-state index in [2.05, 4.69) is 5.32 Å². The first-order valence-corrected chi connectivity index (χ1v) is 4.83. The molecule has 0 amide bonds. The topological polar surface area (TPSA) is 38.0 Å². The van der Waals surface area contributed by atoms with Crippen molar-refractivity contribution in [3.8, 4) is 0 Å². The summed E-state index contributed by atoms with van der Waals surface area (Å²) in [7, 11) is 0. The van der Waals surface area contributed by atoms with Crippen LogP contribution in [0.1, 0.15) is 5.56 Å². The number of hydrogen-bond donors (Lipinski definition) is 2. The van der Waals surface area contributed by atoms with Crippen molar-refractivity contribution in [1.82, 2.24) is 5.32 Å². The molecule has 0 aromatic heterocycles. The van der Waals surface area contributed by atoms with E-state index in [-0.39, 0.29) is 17.9 Å². The summed E-state index contributed by atoms with van der Waals surface area (Å²) in [5, 5.41) is 4.41. The lowest BCUT2D eigenvalue weighted by molar-refractivity contribution is 0.287. The molecule has 1 aliphatic rings. The Bertz CT molecular complexity index is 317. The Kier molecular flexibility index (Phi) is 3.67. The molecule has 0 aliphatic carbocycles. The van der Waals surface area contributed by atoms with E-state index < -0.39 is 0 Å². The van der Waals surface area contributed by atoms with Crippen LogP contribution in [0.3, 0.4) is 0 Å². The molecule has 1 aromatic carbocycles. The van der Waals surface area contributed by atoms with Crippen molar-refractivity contribution in [2.45, 2.75) is 5.54 Å². The van der Waals surface area contributed by atoms with Crippen molar-refractivity contribution >= 4 is 35.6 Å². The lowest BCUT2D eigenvalue weighted by Crippen LogP contribution is -2.63. The average Bonchev–Trinajstić information content (AvgIpc) is 2.01. The minimum atomic E-state index is -0.380. The first kappa shape index (κ1) is 12.1. The molecule has 1 aromatic rings. The second-order valence-electron chi connectivity index (χ2n) is 3.36. The molecule has 1 heterocycles. The highest BCUT2D eigenvalue weighted by Gasteiger charge is 2.37. The predicted molar refractivity (Wildman–Crippen MR) is 62.4 cm³/mol.